The van der Waals surface area contributed by atoms with Gasteiger partial charge in [0.25, 0.3) is 0 Å². The van der Waals surface area contributed by atoms with Gasteiger partial charge in [-0.25, -0.2) is 0 Å². The molecule has 4 heteroatoms. The van der Waals surface area contributed by atoms with Gasteiger partial charge in [0.15, 0.2) is 0 Å². The molecule has 0 radical (unpaired) electrons. The second-order valence-electron chi connectivity index (χ2n) is 6.55. The fraction of sp³-hybridized carbons (Fsp3) is 0.647. The van der Waals surface area contributed by atoms with Gasteiger partial charge in [0.05, 0.1) is 18.3 Å². The van der Waals surface area contributed by atoms with E-state index >= 15 is 0 Å². The minimum Gasteiger partial charge on any atom is -0.380 e. The maximum absolute atomic E-state index is 6.08. The van der Waals surface area contributed by atoms with E-state index in [-0.39, 0.29) is 17.7 Å². The van der Waals surface area contributed by atoms with Crippen LogP contribution in [0.25, 0.3) is 0 Å². The highest BCUT2D eigenvalue weighted by Gasteiger charge is 2.34. The first-order valence-corrected chi connectivity index (χ1v) is 7.65. The van der Waals surface area contributed by atoms with Gasteiger partial charge in [0, 0.05) is 32.8 Å². The summed E-state index contributed by atoms with van der Waals surface area (Å²) in [6.45, 7) is 9.47. The molecule has 1 aromatic rings. The smallest absolute Gasteiger partial charge is 0.0757 e. The number of morpholine rings is 1. The molecule has 0 saturated carbocycles. The number of benzene rings is 1. The summed E-state index contributed by atoms with van der Waals surface area (Å²) in [6.07, 6.45) is 0.227. The Morgan fingerprint density at radius 2 is 2.24 bits per heavy atom. The van der Waals surface area contributed by atoms with Crippen LogP contribution in [0.1, 0.15) is 37.9 Å². The molecular formula is C17H28N2O2. The van der Waals surface area contributed by atoms with E-state index in [0.717, 1.165) is 13.1 Å². The third kappa shape index (κ3) is 4.27. The highest BCUT2D eigenvalue weighted by molar-refractivity contribution is 5.26. The lowest BCUT2D eigenvalue weighted by atomic mass is 9.98. The van der Waals surface area contributed by atoms with E-state index in [1.807, 2.05) is 0 Å². The lowest BCUT2D eigenvalue weighted by Crippen LogP contribution is -2.53. The summed E-state index contributed by atoms with van der Waals surface area (Å²) >= 11 is 0. The van der Waals surface area contributed by atoms with Gasteiger partial charge < -0.3 is 15.2 Å². The molecule has 4 nitrogen and oxygen atoms in total. The molecule has 1 aliphatic heterocycles. The van der Waals surface area contributed by atoms with Gasteiger partial charge in [0.1, 0.15) is 0 Å². The summed E-state index contributed by atoms with van der Waals surface area (Å²) in [5.74, 6) is 0. The molecule has 1 aliphatic rings. The molecular weight excluding hydrogens is 264 g/mol. The predicted molar refractivity (Wildman–Crippen MR) is 85.1 cm³/mol. The summed E-state index contributed by atoms with van der Waals surface area (Å²) in [5, 5.41) is 0. The van der Waals surface area contributed by atoms with Crippen molar-refractivity contribution in [3.8, 4) is 0 Å². The Balaban J connectivity index is 2.20. The first-order valence-electron chi connectivity index (χ1n) is 7.65. The summed E-state index contributed by atoms with van der Waals surface area (Å²) in [7, 11) is 1.72. The van der Waals surface area contributed by atoms with Crippen molar-refractivity contribution < 1.29 is 9.47 Å². The number of hydrogen-bond acceptors (Lipinski definition) is 4. The van der Waals surface area contributed by atoms with Crippen LogP contribution in [0.5, 0.6) is 0 Å². The molecule has 0 bridgehead atoms. The van der Waals surface area contributed by atoms with Gasteiger partial charge in [0.2, 0.25) is 0 Å². The second kappa shape index (κ2) is 6.88. The van der Waals surface area contributed by atoms with Crippen LogP contribution in [-0.2, 0) is 16.1 Å². The fourth-order valence-electron chi connectivity index (χ4n) is 3.29. The van der Waals surface area contributed by atoms with Gasteiger partial charge in [-0.05, 0) is 31.9 Å². The molecule has 2 N–H and O–H groups in total. The van der Waals surface area contributed by atoms with Crippen molar-refractivity contribution in [3.63, 3.8) is 0 Å². The van der Waals surface area contributed by atoms with Crippen LogP contribution in [0.3, 0.4) is 0 Å². The Morgan fingerprint density at radius 3 is 2.86 bits per heavy atom. The van der Waals surface area contributed by atoms with E-state index < -0.39 is 0 Å². The molecule has 2 rings (SSSR count). The van der Waals surface area contributed by atoms with E-state index in [1.165, 1.54) is 11.1 Å². The SMILES string of the molecule is COCc1cccc(C(CN)N2CC(C)OC(C)(C)C2)c1. The molecule has 1 heterocycles. The molecule has 1 aromatic carbocycles. The van der Waals surface area contributed by atoms with Crippen LogP contribution in [0.15, 0.2) is 24.3 Å². The van der Waals surface area contributed by atoms with Crippen molar-refractivity contribution in [1.82, 2.24) is 4.90 Å². The van der Waals surface area contributed by atoms with Crippen molar-refractivity contribution in [1.29, 1.82) is 0 Å². The third-order valence-corrected chi connectivity index (χ3v) is 3.91. The molecule has 0 aliphatic carbocycles. The van der Waals surface area contributed by atoms with Gasteiger partial charge >= 0.3 is 0 Å². The number of nitrogens with zero attached hydrogens (tertiary/aromatic N) is 1. The second-order valence-corrected chi connectivity index (χ2v) is 6.55. The molecule has 0 amide bonds. The van der Waals surface area contributed by atoms with E-state index in [0.29, 0.717) is 13.2 Å². The molecule has 21 heavy (non-hydrogen) atoms. The highest BCUT2D eigenvalue weighted by Crippen LogP contribution is 2.29. The van der Waals surface area contributed by atoms with E-state index in [9.17, 15) is 0 Å². The van der Waals surface area contributed by atoms with Crippen LogP contribution in [0.4, 0.5) is 0 Å². The van der Waals surface area contributed by atoms with Crippen molar-refractivity contribution in [2.45, 2.75) is 45.1 Å². The largest absolute Gasteiger partial charge is 0.380 e. The maximum atomic E-state index is 6.08. The molecule has 2 unspecified atom stereocenters. The Bertz CT molecular complexity index is 462. The number of nitrogens with two attached hydrogens (primary N) is 1. The highest BCUT2D eigenvalue weighted by atomic mass is 16.5. The predicted octanol–water partition coefficient (Wildman–Crippen LogP) is 2.33. The Hall–Kier alpha value is -0.940. The quantitative estimate of drug-likeness (QED) is 0.905. The minimum absolute atomic E-state index is 0.130. The van der Waals surface area contributed by atoms with Gasteiger partial charge in [-0.15, -0.1) is 0 Å². The average Bonchev–Trinajstić information content (AvgIpc) is 2.38. The van der Waals surface area contributed by atoms with E-state index in [2.05, 4.69) is 49.9 Å². The standard InChI is InChI=1S/C17H28N2O2/c1-13-10-19(12-17(2,3)21-13)16(9-18)15-7-5-6-14(8-15)11-20-4/h5-8,13,16H,9-12,18H2,1-4H3. The average molecular weight is 292 g/mol. The minimum atomic E-state index is -0.130. The van der Waals surface area contributed by atoms with Crippen LogP contribution in [-0.4, -0.2) is 43.3 Å². The molecule has 0 aromatic heterocycles. The van der Waals surface area contributed by atoms with Gasteiger partial charge in [-0.3, -0.25) is 4.90 Å². The summed E-state index contributed by atoms with van der Waals surface area (Å²) < 4.78 is 11.2. The molecule has 1 saturated heterocycles. The number of ether oxygens (including phenoxy) is 2. The van der Waals surface area contributed by atoms with Crippen molar-refractivity contribution >= 4 is 0 Å². The van der Waals surface area contributed by atoms with E-state index in [4.69, 9.17) is 15.2 Å². The first kappa shape index (κ1) is 16.4. The Morgan fingerprint density at radius 1 is 1.48 bits per heavy atom. The van der Waals surface area contributed by atoms with E-state index in [1.54, 1.807) is 7.11 Å². The lowest BCUT2D eigenvalue weighted by Gasteiger charge is -2.45. The van der Waals surface area contributed by atoms with Crippen LogP contribution in [0.2, 0.25) is 0 Å². The maximum Gasteiger partial charge on any atom is 0.0757 e. The monoisotopic (exact) mass is 292 g/mol. The molecule has 1 fully saturated rings. The van der Waals surface area contributed by atoms with Gasteiger partial charge in [-0.2, -0.15) is 0 Å². The molecule has 0 spiro atoms. The van der Waals surface area contributed by atoms with Crippen LogP contribution < -0.4 is 5.73 Å². The normalized spacial score (nSPS) is 24.0. The van der Waals surface area contributed by atoms with Crippen LogP contribution in [0, 0.1) is 0 Å². The fourth-order valence-corrected chi connectivity index (χ4v) is 3.29. The number of rotatable bonds is 5. The summed E-state index contributed by atoms with van der Waals surface area (Å²) in [5.41, 5.74) is 8.40. The zero-order valence-corrected chi connectivity index (χ0v) is 13.6. The van der Waals surface area contributed by atoms with Crippen LogP contribution >= 0.6 is 0 Å². The summed E-state index contributed by atoms with van der Waals surface area (Å²) in [4.78, 5) is 2.44. The third-order valence-electron chi connectivity index (χ3n) is 3.91. The van der Waals surface area contributed by atoms with Gasteiger partial charge in [-0.1, -0.05) is 24.3 Å². The zero-order chi connectivity index (χ0) is 15.5. The van der Waals surface area contributed by atoms with Crippen molar-refractivity contribution in [3.05, 3.63) is 35.4 Å². The zero-order valence-electron chi connectivity index (χ0n) is 13.6. The lowest BCUT2D eigenvalue weighted by molar-refractivity contribution is -0.137. The Labute approximate surface area is 128 Å². The van der Waals surface area contributed by atoms with Crippen molar-refractivity contribution in [2.75, 3.05) is 26.7 Å². The Kier molecular flexibility index (Phi) is 5.38. The molecule has 118 valence electrons. The number of methoxy groups -OCH3 is 1. The first-order chi connectivity index (χ1) is 9.95. The number of hydrogen-bond donors (Lipinski definition) is 1. The molecule has 2 atom stereocenters. The van der Waals surface area contributed by atoms with Crippen molar-refractivity contribution in [2.24, 2.45) is 5.73 Å². The summed E-state index contributed by atoms with van der Waals surface area (Å²) in [6, 6.07) is 8.76. The topological polar surface area (TPSA) is 47.7 Å².